The molecule has 1 amide bonds. The van der Waals surface area contributed by atoms with Crippen LogP contribution in [-0.2, 0) is 11.2 Å². The van der Waals surface area contributed by atoms with Gasteiger partial charge in [-0.3, -0.25) is 4.79 Å². The van der Waals surface area contributed by atoms with Crippen LogP contribution in [0.15, 0.2) is 48.5 Å². The van der Waals surface area contributed by atoms with Gasteiger partial charge >= 0.3 is 0 Å². The molecular weight excluding hydrogens is 257 g/mol. The topological polar surface area (TPSA) is 38.3 Å². The lowest BCUT2D eigenvalue weighted by Crippen LogP contribution is -2.32. The van der Waals surface area contributed by atoms with E-state index in [1.54, 1.807) is 18.2 Å². The number of anilines is 1. The highest BCUT2D eigenvalue weighted by atomic mass is 19.1. The van der Waals surface area contributed by atoms with Crippen LogP contribution < -0.4 is 10.1 Å². The number of amides is 1. The fourth-order valence-electron chi connectivity index (χ4n) is 2.29. The summed E-state index contributed by atoms with van der Waals surface area (Å²) in [6.45, 7) is 0.317. The van der Waals surface area contributed by atoms with Gasteiger partial charge in [0, 0.05) is 0 Å². The summed E-state index contributed by atoms with van der Waals surface area (Å²) in [5.41, 5.74) is 1.21. The normalized spacial score (nSPS) is 16.9. The lowest BCUT2D eigenvalue weighted by atomic mass is 9.96. The summed E-state index contributed by atoms with van der Waals surface area (Å²) in [4.78, 5) is 12.2. The maximum absolute atomic E-state index is 13.5. The van der Waals surface area contributed by atoms with E-state index in [1.165, 1.54) is 6.07 Å². The van der Waals surface area contributed by atoms with E-state index < -0.39 is 5.82 Å². The predicted molar refractivity (Wildman–Crippen MR) is 74.2 cm³/mol. The highest BCUT2D eigenvalue weighted by molar-refractivity contribution is 5.93. The predicted octanol–water partition coefficient (Wildman–Crippen LogP) is 3.02. The molecule has 0 unspecified atom stereocenters. The van der Waals surface area contributed by atoms with E-state index in [0.29, 0.717) is 13.0 Å². The van der Waals surface area contributed by atoms with Gasteiger partial charge in [-0.1, -0.05) is 30.3 Å². The first-order valence-electron chi connectivity index (χ1n) is 6.50. The second-order valence-electron chi connectivity index (χ2n) is 4.79. The number of rotatable bonds is 2. The Labute approximate surface area is 116 Å². The first-order chi connectivity index (χ1) is 9.74. The largest absolute Gasteiger partial charge is 0.492 e. The quantitative estimate of drug-likeness (QED) is 0.911. The summed E-state index contributed by atoms with van der Waals surface area (Å²) in [5, 5.41) is 2.62. The first kappa shape index (κ1) is 12.7. The van der Waals surface area contributed by atoms with Crippen LogP contribution in [0, 0.1) is 11.7 Å². The van der Waals surface area contributed by atoms with Crippen molar-refractivity contribution in [3.05, 3.63) is 59.9 Å². The number of nitrogens with one attached hydrogen (secondary N) is 1. The molecule has 3 nitrogen and oxygen atoms in total. The van der Waals surface area contributed by atoms with E-state index in [0.717, 1.165) is 11.3 Å². The third-order valence-corrected chi connectivity index (χ3v) is 3.38. The number of fused-ring (bicyclic) bond motifs is 1. The first-order valence-corrected chi connectivity index (χ1v) is 6.50. The Morgan fingerprint density at radius 3 is 2.75 bits per heavy atom. The molecule has 0 spiro atoms. The lowest BCUT2D eigenvalue weighted by Gasteiger charge is -2.24. The number of para-hydroxylation sites is 2. The molecule has 0 aromatic heterocycles. The number of halogens is 1. The Bertz CT molecular complexity index is 642. The summed E-state index contributed by atoms with van der Waals surface area (Å²) >= 11 is 0. The Hall–Kier alpha value is -2.36. The van der Waals surface area contributed by atoms with Crippen LogP contribution >= 0.6 is 0 Å². The van der Waals surface area contributed by atoms with Crippen molar-refractivity contribution in [3.8, 4) is 5.75 Å². The van der Waals surface area contributed by atoms with Crippen molar-refractivity contribution in [2.75, 3.05) is 11.9 Å². The number of benzene rings is 2. The second-order valence-corrected chi connectivity index (χ2v) is 4.79. The molecule has 0 bridgehead atoms. The number of hydrogen-bond donors (Lipinski definition) is 1. The average molecular weight is 271 g/mol. The van der Waals surface area contributed by atoms with Gasteiger partial charge in [-0.05, 0) is 30.2 Å². The van der Waals surface area contributed by atoms with Gasteiger partial charge in [0.2, 0.25) is 5.91 Å². The van der Waals surface area contributed by atoms with E-state index in [-0.39, 0.29) is 17.5 Å². The molecule has 2 aromatic rings. The van der Waals surface area contributed by atoms with Gasteiger partial charge < -0.3 is 10.1 Å². The molecular formula is C16H14FNO2. The monoisotopic (exact) mass is 271 g/mol. The minimum Gasteiger partial charge on any atom is -0.492 e. The smallest absolute Gasteiger partial charge is 0.231 e. The third kappa shape index (κ3) is 2.50. The zero-order valence-electron chi connectivity index (χ0n) is 10.8. The fraction of sp³-hybridized carbons (Fsp3) is 0.188. The second kappa shape index (κ2) is 5.33. The zero-order chi connectivity index (χ0) is 13.9. The van der Waals surface area contributed by atoms with E-state index >= 15 is 0 Å². The van der Waals surface area contributed by atoms with Crippen LogP contribution in [0.4, 0.5) is 10.1 Å². The SMILES string of the molecule is O=C(Nc1ccccc1F)[C@H]1COc2ccccc2C1. The van der Waals surface area contributed by atoms with Gasteiger partial charge in [-0.25, -0.2) is 4.39 Å². The minimum absolute atomic E-state index is 0.205. The van der Waals surface area contributed by atoms with Crippen molar-refractivity contribution >= 4 is 11.6 Å². The van der Waals surface area contributed by atoms with Crippen molar-refractivity contribution in [2.45, 2.75) is 6.42 Å². The van der Waals surface area contributed by atoms with Crippen molar-refractivity contribution < 1.29 is 13.9 Å². The Kier molecular flexibility index (Phi) is 3.37. The molecule has 20 heavy (non-hydrogen) atoms. The number of carbonyl (C=O) groups is 1. The maximum atomic E-state index is 13.5. The van der Waals surface area contributed by atoms with Crippen molar-refractivity contribution in [1.29, 1.82) is 0 Å². The Morgan fingerprint density at radius 2 is 1.90 bits per heavy atom. The molecule has 2 aromatic carbocycles. The van der Waals surface area contributed by atoms with E-state index in [1.807, 2.05) is 24.3 Å². The summed E-state index contributed by atoms with van der Waals surface area (Å²) < 4.78 is 19.1. The molecule has 1 heterocycles. The van der Waals surface area contributed by atoms with Gasteiger partial charge in [0.15, 0.2) is 0 Å². The molecule has 0 saturated carbocycles. The standard InChI is InChI=1S/C16H14FNO2/c17-13-6-2-3-7-14(13)18-16(19)12-9-11-5-1-4-8-15(11)20-10-12/h1-8,12H,9-10H2,(H,18,19)/t12-/m1/s1. The highest BCUT2D eigenvalue weighted by Crippen LogP contribution is 2.27. The van der Waals surface area contributed by atoms with Gasteiger partial charge in [-0.2, -0.15) is 0 Å². The number of carbonyl (C=O) groups excluding carboxylic acids is 1. The van der Waals surface area contributed by atoms with Gasteiger partial charge in [0.05, 0.1) is 11.6 Å². The van der Waals surface area contributed by atoms with Crippen molar-refractivity contribution in [2.24, 2.45) is 5.92 Å². The summed E-state index contributed by atoms with van der Waals surface area (Å²) in [6, 6.07) is 13.8. The molecule has 1 atom stereocenters. The van der Waals surface area contributed by atoms with Crippen molar-refractivity contribution in [3.63, 3.8) is 0 Å². The Balaban J connectivity index is 1.72. The molecule has 1 aliphatic heterocycles. The van der Waals surface area contributed by atoms with E-state index in [2.05, 4.69) is 5.32 Å². The minimum atomic E-state index is -0.432. The maximum Gasteiger partial charge on any atom is 0.231 e. The van der Waals surface area contributed by atoms with Gasteiger partial charge in [0.25, 0.3) is 0 Å². The van der Waals surface area contributed by atoms with Gasteiger partial charge in [-0.15, -0.1) is 0 Å². The fourth-order valence-corrected chi connectivity index (χ4v) is 2.29. The zero-order valence-corrected chi connectivity index (χ0v) is 10.8. The molecule has 0 radical (unpaired) electrons. The molecule has 3 rings (SSSR count). The number of hydrogen-bond acceptors (Lipinski definition) is 2. The lowest BCUT2D eigenvalue weighted by molar-refractivity contribution is -0.121. The van der Waals surface area contributed by atoms with Gasteiger partial charge in [0.1, 0.15) is 18.2 Å². The molecule has 1 aliphatic rings. The molecule has 1 N–H and O–H groups in total. The van der Waals surface area contributed by atoms with Crippen LogP contribution in [0.25, 0.3) is 0 Å². The van der Waals surface area contributed by atoms with E-state index in [4.69, 9.17) is 4.74 Å². The molecule has 0 fully saturated rings. The van der Waals surface area contributed by atoms with Crippen LogP contribution in [0.2, 0.25) is 0 Å². The van der Waals surface area contributed by atoms with Crippen molar-refractivity contribution in [1.82, 2.24) is 0 Å². The average Bonchev–Trinajstić information content (AvgIpc) is 2.49. The summed E-state index contributed by atoms with van der Waals surface area (Å²) in [5.74, 6) is -0.130. The van der Waals surface area contributed by atoms with E-state index in [9.17, 15) is 9.18 Å². The molecule has 4 heteroatoms. The molecule has 102 valence electrons. The van der Waals surface area contributed by atoms with Crippen LogP contribution in [-0.4, -0.2) is 12.5 Å². The van der Waals surface area contributed by atoms with Crippen LogP contribution in [0.1, 0.15) is 5.56 Å². The van der Waals surface area contributed by atoms with Crippen LogP contribution in [0.3, 0.4) is 0 Å². The Morgan fingerprint density at radius 1 is 1.15 bits per heavy atom. The molecule has 0 saturated heterocycles. The summed E-state index contributed by atoms with van der Waals surface area (Å²) in [6.07, 6.45) is 0.608. The summed E-state index contributed by atoms with van der Waals surface area (Å²) in [7, 11) is 0. The molecule has 0 aliphatic carbocycles. The number of ether oxygens (including phenoxy) is 1. The highest BCUT2D eigenvalue weighted by Gasteiger charge is 2.26. The van der Waals surface area contributed by atoms with Crippen LogP contribution in [0.5, 0.6) is 5.75 Å². The third-order valence-electron chi connectivity index (χ3n) is 3.38.